The van der Waals surface area contributed by atoms with Gasteiger partial charge in [-0.1, -0.05) is 12.5 Å². The highest BCUT2D eigenvalue weighted by atomic mass is 32.2. The number of nitrogens with zero attached hydrogens (tertiary/aromatic N) is 1. The summed E-state index contributed by atoms with van der Waals surface area (Å²) in [5.41, 5.74) is 1.55. The van der Waals surface area contributed by atoms with Crippen molar-refractivity contribution < 1.29 is 22.7 Å². The number of hydrogen-bond donors (Lipinski definition) is 1. The Morgan fingerprint density at radius 2 is 1.72 bits per heavy atom. The van der Waals surface area contributed by atoms with Gasteiger partial charge in [0, 0.05) is 24.8 Å². The van der Waals surface area contributed by atoms with E-state index in [4.69, 9.17) is 9.47 Å². The van der Waals surface area contributed by atoms with Gasteiger partial charge in [-0.25, -0.2) is 8.42 Å². The van der Waals surface area contributed by atoms with E-state index in [-0.39, 0.29) is 10.8 Å². The van der Waals surface area contributed by atoms with Crippen molar-refractivity contribution in [3.63, 3.8) is 0 Å². The first-order valence-corrected chi connectivity index (χ1v) is 10.9. The molecule has 1 aliphatic heterocycles. The monoisotopic (exact) mass is 418 g/mol. The number of ether oxygens (including phenoxy) is 2. The number of rotatable bonds is 6. The molecule has 0 radical (unpaired) electrons. The van der Waals surface area contributed by atoms with Gasteiger partial charge in [0.15, 0.2) is 0 Å². The van der Waals surface area contributed by atoms with Crippen LogP contribution in [0.25, 0.3) is 0 Å². The minimum absolute atomic E-state index is 0.182. The lowest BCUT2D eigenvalue weighted by Gasteiger charge is -2.26. The normalized spacial score (nSPS) is 15.0. The fourth-order valence-corrected chi connectivity index (χ4v) is 4.87. The zero-order valence-electron chi connectivity index (χ0n) is 16.9. The van der Waals surface area contributed by atoms with Crippen LogP contribution in [-0.2, 0) is 10.0 Å². The van der Waals surface area contributed by atoms with Gasteiger partial charge in [0.05, 0.1) is 24.7 Å². The Morgan fingerprint density at radius 3 is 2.38 bits per heavy atom. The van der Waals surface area contributed by atoms with Gasteiger partial charge in [0.2, 0.25) is 10.0 Å². The number of hydrogen-bond acceptors (Lipinski definition) is 5. The summed E-state index contributed by atoms with van der Waals surface area (Å²) in [6, 6.07) is 9.71. The molecule has 1 fully saturated rings. The van der Waals surface area contributed by atoms with Gasteiger partial charge in [-0.2, -0.15) is 4.31 Å². The van der Waals surface area contributed by atoms with Crippen LogP contribution < -0.4 is 14.8 Å². The Hall–Kier alpha value is -2.58. The molecule has 1 aliphatic rings. The minimum atomic E-state index is -3.58. The van der Waals surface area contributed by atoms with Gasteiger partial charge in [-0.15, -0.1) is 0 Å². The first-order valence-electron chi connectivity index (χ1n) is 9.51. The van der Waals surface area contributed by atoms with Gasteiger partial charge in [0.1, 0.15) is 11.5 Å². The maximum absolute atomic E-state index is 13.0. The highest BCUT2D eigenvalue weighted by Crippen LogP contribution is 2.28. The van der Waals surface area contributed by atoms with Crippen LogP contribution in [0.5, 0.6) is 11.5 Å². The second-order valence-electron chi connectivity index (χ2n) is 6.96. The van der Waals surface area contributed by atoms with Gasteiger partial charge < -0.3 is 14.8 Å². The van der Waals surface area contributed by atoms with Gasteiger partial charge >= 0.3 is 0 Å². The number of piperidine rings is 1. The minimum Gasteiger partial charge on any atom is -0.497 e. The number of methoxy groups -OCH3 is 2. The van der Waals surface area contributed by atoms with Gasteiger partial charge in [-0.3, -0.25) is 4.79 Å². The Labute approximate surface area is 171 Å². The fraction of sp³-hybridized carbons (Fsp3) is 0.381. The maximum atomic E-state index is 13.0. The lowest BCUT2D eigenvalue weighted by molar-refractivity contribution is 0.102. The Balaban J connectivity index is 1.88. The van der Waals surface area contributed by atoms with E-state index in [0.717, 1.165) is 24.8 Å². The zero-order chi connectivity index (χ0) is 21.0. The Bertz CT molecular complexity index is 998. The van der Waals surface area contributed by atoms with Crippen molar-refractivity contribution in [1.82, 2.24) is 4.31 Å². The van der Waals surface area contributed by atoms with Crippen LogP contribution in [0.3, 0.4) is 0 Å². The number of carbonyl (C=O) groups is 1. The summed E-state index contributed by atoms with van der Waals surface area (Å²) in [4.78, 5) is 13.0. The number of anilines is 1. The van der Waals surface area contributed by atoms with Crippen molar-refractivity contribution in [1.29, 1.82) is 0 Å². The highest BCUT2D eigenvalue weighted by molar-refractivity contribution is 7.89. The summed E-state index contributed by atoms with van der Waals surface area (Å²) in [5, 5.41) is 2.81. The first kappa shape index (κ1) is 21.1. The van der Waals surface area contributed by atoms with Crippen molar-refractivity contribution in [2.75, 3.05) is 32.6 Å². The summed E-state index contributed by atoms with van der Waals surface area (Å²) in [7, 11) is -0.574. The second-order valence-corrected chi connectivity index (χ2v) is 8.90. The molecule has 2 aromatic carbocycles. The van der Waals surface area contributed by atoms with Gasteiger partial charge in [0.25, 0.3) is 5.91 Å². The third-order valence-electron chi connectivity index (χ3n) is 5.06. The van der Waals surface area contributed by atoms with E-state index in [0.29, 0.717) is 35.8 Å². The summed E-state index contributed by atoms with van der Waals surface area (Å²) in [5.74, 6) is 0.556. The van der Waals surface area contributed by atoms with E-state index < -0.39 is 10.0 Å². The summed E-state index contributed by atoms with van der Waals surface area (Å²) in [6.07, 6.45) is 2.78. The fourth-order valence-electron chi connectivity index (χ4n) is 3.33. The first-order chi connectivity index (χ1) is 13.9. The molecule has 0 aromatic heterocycles. The molecular formula is C21H26N2O5S. The summed E-state index contributed by atoms with van der Waals surface area (Å²) < 4.78 is 37.9. The van der Waals surface area contributed by atoms with Crippen molar-refractivity contribution in [2.45, 2.75) is 31.1 Å². The quantitative estimate of drug-likeness (QED) is 0.777. The molecule has 0 bridgehead atoms. The van der Waals surface area contributed by atoms with E-state index >= 15 is 0 Å². The molecule has 1 heterocycles. The van der Waals surface area contributed by atoms with Crippen LogP contribution in [0.1, 0.15) is 35.2 Å². The molecule has 0 saturated carbocycles. The number of benzene rings is 2. The van der Waals surface area contributed by atoms with Crippen molar-refractivity contribution in [3.8, 4) is 11.5 Å². The molecule has 0 spiro atoms. The topological polar surface area (TPSA) is 84.9 Å². The van der Waals surface area contributed by atoms with Crippen molar-refractivity contribution in [3.05, 3.63) is 47.5 Å². The SMILES string of the molecule is COc1ccc(C(=O)Nc2cc(S(=O)(=O)N3CCCCC3)ccc2C)c(OC)c1. The molecule has 1 amide bonds. The van der Waals surface area contributed by atoms with E-state index in [9.17, 15) is 13.2 Å². The predicted molar refractivity (Wildman–Crippen MR) is 111 cm³/mol. The van der Waals surface area contributed by atoms with Crippen molar-refractivity contribution >= 4 is 21.6 Å². The molecule has 2 aromatic rings. The third kappa shape index (κ3) is 4.54. The second kappa shape index (κ2) is 8.84. The average molecular weight is 419 g/mol. The van der Waals surface area contributed by atoms with Crippen LogP contribution in [0.2, 0.25) is 0 Å². The lowest BCUT2D eigenvalue weighted by Crippen LogP contribution is -2.35. The standard InChI is InChI=1S/C21H26N2O5S/c1-15-7-9-17(29(25,26)23-11-5-4-6-12-23)14-19(15)22-21(24)18-10-8-16(27-2)13-20(18)28-3/h7-10,13-14H,4-6,11-12H2,1-3H3,(H,22,24). The number of amides is 1. The van der Waals surface area contributed by atoms with Crippen LogP contribution >= 0.6 is 0 Å². The van der Waals surface area contributed by atoms with Crippen molar-refractivity contribution in [2.24, 2.45) is 0 Å². The number of aryl methyl sites for hydroxylation is 1. The molecule has 8 heteroatoms. The molecule has 3 rings (SSSR count). The lowest BCUT2D eigenvalue weighted by atomic mass is 10.1. The smallest absolute Gasteiger partial charge is 0.259 e. The molecule has 1 N–H and O–H groups in total. The Kier molecular flexibility index (Phi) is 6.44. The summed E-state index contributed by atoms with van der Waals surface area (Å²) in [6.45, 7) is 2.88. The molecule has 7 nitrogen and oxygen atoms in total. The molecule has 1 saturated heterocycles. The van der Waals surface area contributed by atoms with Crippen LogP contribution in [-0.4, -0.2) is 45.9 Å². The molecule has 156 valence electrons. The maximum Gasteiger partial charge on any atom is 0.259 e. The largest absolute Gasteiger partial charge is 0.497 e. The highest BCUT2D eigenvalue weighted by Gasteiger charge is 2.26. The number of sulfonamides is 1. The Morgan fingerprint density at radius 1 is 1.00 bits per heavy atom. The van der Waals surface area contributed by atoms with Crippen LogP contribution in [0.15, 0.2) is 41.3 Å². The van der Waals surface area contributed by atoms with E-state index in [2.05, 4.69) is 5.32 Å². The van der Waals surface area contributed by atoms with E-state index in [1.54, 1.807) is 30.3 Å². The summed E-state index contributed by atoms with van der Waals surface area (Å²) >= 11 is 0. The third-order valence-corrected chi connectivity index (χ3v) is 6.96. The molecule has 29 heavy (non-hydrogen) atoms. The van der Waals surface area contributed by atoms with Gasteiger partial charge in [-0.05, 0) is 49.6 Å². The van der Waals surface area contributed by atoms with E-state index in [1.165, 1.54) is 24.6 Å². The molecule has 0 atom stereocenters. The zero-order valence-corrected chi connectivity index (χ0v) is 17.7. The molecular weight excluding hydrogens is 392 g/mol. The molecule has 0 aliphatic carbocycles. The number of carbonyl (C=O) groups excluding carboxylic acids is 1. The average Bonchev–Trinajstić information content (AvgIpc) is 2.75. The van der Waals surface area contributed by atoms with Crippen LogP contribution in [0, 0.1) is 6.92 Å². The molecule has 0 unspecified atom stereocenters. The van der Waals surface area contributed by atoms with Crippen LogP contribution in [0.4, 0.5) is 5.69 Å². The van der Waals surface area contributed by atoms with E-state index in [1.807, 2.05) is 6.92 Å². The predicted octanol–water partition coefficient (Wildman–Crippen LogP) is 3.44. The number of nitrogens with one attached hydrogen (secondary N) is 1.